The SMILES string of the molecule is CC(NCc1ccc(C(N)=O)cc1Cl)c1ccc(Cl)cc1. The van der Waals surface area contributed by atoms with Crippen molar-refractivity contribution in [3.05, 3.63) is 69.2 Å². The Balaban J connectivity index is 2.02. The summed E-state index contributed by atoms with van der Waals surface area (Å²) in [6, 6.07) is 12.9. The molecule has 5 heteroatoms. The van der Waals surface area contributed by atoms with Gasteiger partial charge in [-0.3, -0.25) is 4.79 Å². The second kappa shape index (κ2) is 6.94. The second-order valence-electron chi connectivity index (χ2n) is 4.82. The summed E-state index contributed by atoms with van der Waals surface area (Å²) in [6.45, 7) is 2.66. The van der Waals surface area contributed by atoms with Crippen LogP contribution in [0.15, 0.2) is 42.5 Å². The Bertz CT molecular complexity index is 641. The minimum Gasteiger partial charge on any atom is -0.366 e. The maximum atomic E-state index is 11.1. The average Bonchev–Trinajstić information content (AvgIpc) is 2.46. The summed E-state index contributed by atoms with van der Waals surface area (Å²) in [6.07, 6.45) is 0. The van der Waals surface area contributed by atoms with Gasteiger partial charge in [0.05, 0.1) is 0 Å². The van der Waals surface area contributed by atoms with E-state index in [2.05, 4.69) is 12.2 Å². The van der Waals surface area contributed by atoms with Crippen LogP contribution >= 0.6 is 23.2 Å². The molecule has 0 heterocycles. The van der Waals surface area contributed by atoms with Crippen molar-refractivity contribution >= 4 is 29.1 Å². The maximum Gasteiger partial charge on any atom is 0.248 e. The van der Waals surface area contributed by atoms with Crippen molar-refractivity contribution < 1.29 is 4.79 Å². The first-order valence-corrected chi connectivity index (χ1v) is 7.30. The number of nitrogens with two attached hydrogens (primary N) is 1. The predicted molar refractivity (Wildman–Crippen MR) is 86.7 cm³/mol. The predicted octanol–water partition coefficient (Wildman–Crippen LogP) is 3.94. The van der Waals surface area contributed by atoms with Gasteiger partial charge in [0, 0.05) is 28.2 Å². The van der Waals surface area contributed by atoms with Crippen LogP contribution in [0.2, 0.25) is 10.0 Å². The molecule has 3 nitrogen and oxygen atoms in total. The summed E-state index contributed by atoms with van der Waals surface area (Å²) in [5, 5.41) is 4.63. The van der Waals surface area contributed by atoms with Gasteiger partial charge in [0.15, 0.2) is 0 Å². The molecule has 0 aliphatic rings. The highest BCUT2D eigenvalue weighted by atomic mass is 35.5. The summed E-state index contributed by atoms with van der Waals surface area (Å²) in [5.41, 5.74) is 7.69. The molecular weight excluding hydrogens is 307 g/mol. The van der Waals surface area contributed by atoms with Gasteiger partial charge in [-0.15, -0.1) is 0 Å². The van der Waals surface area contributed by atoms with Crippen molar-refractivity contribution in [1.29, 1.82) is 0 Å². The standard InChI is InChI=1S/C16H16Cl2N2O/c1-10(11-4-6-14(17)7-5-11)20-9-13-3-2-12(16(19)21)8-15(13)18/h2-8,10,20H,9H2,1H3,(H2,19,21). The number of carbonyl (C=O) groups is 1. The Morgan fingerprint density at radius 3 is 2.43 bits per heavy atom. The first-order valence-electron chi connectivity index (χ1n) is 6.54. The van der Waals surface area contributed by atoms with Crippen molar-refractivity contribution in [2.75, 3.05) is 0 Å². The van der Waals surface area contributed by atoms with E-state index in [9.17, 15) is 4.79 Å². The molecule has 1 atom stereocenters. The number of carbonyl (C=O) groups excluding carboxylic acids is 1. The molecule has 0 aliphatic carbocycles. The van der Waals surface area contributed by atoms with E-state index in [1.165, 1.54) is 0 Å². The molecule has 2 aromatic carbocycles. The molecule has 110 valence electrons. The van der Waals surface area contributed by atoms with Crippen molar-refractivity contribution in [1.82, 2.24) is 5.32 Å². The van der Waals surface area contributed by atoms with E-state index < -0.39 is 5.91 Å². The van der Waals surface area contributed by atoms with Gasteiger partial charge in [-0.25, -0.2) is 0 Å². The Kier molecular flexibility index (Phi) is 5.23. The van der Waals surface area contributed by atoms with Crippen molar-refractivity contribution in [3.8, 4) is 0 Å². The summed E-state index contributed by atoms with van der Waals surface area (Å²) < 4.78 is 0. The molecule has 1 amide bonds. The summed E-state index contributed by atoms with van der Waals surface area (Å²) in [4.78, 5) is 11.1. The Morgan fingerprint density at radius 1 is 1.19 bits per heavy atom. The fourth-order valence-corrected chi connectivity index (χ4v) is 2.35. The molecule has 21 heavy (non-hydrogen) atoms. The Morgan fingerprint density at radius 2 is 1.86 bits per heavy atom. The third-order valence-corrected chi connectivity index (χ3v) is 3.91. The molecule has 0 spiro atoms. The van der Waals surface area contributed by atoms with E-state index in [1.807, 2.05) is 30.3 Å². The molecule has 0 saturated carbocycles. The lowest BCUT2D eigenvalue weighted by atomic mass is 10.1. The monoisotopic (exact) mass is 322 g/mol. The molecule has 0 aliphatic heterocycles. The first-order chi connectivity index (χ1) is 9.97. The molecule has 2 rings (SSSR count). The largest absolute Gasteiger partial charge is 0.366 e. The van der Waals surface area contributed by atoms with Crippen molar-refractivity contribution in [2.24, 2.45) is 5.73 Å². The molecule has 0 aromatic heterocycles. The maximum absolute atomic E-state index is 11.1. The zero-order chi connectivity index (χ0) is 15.4. The number of halogens is 2. The van der Waals surface area contributed by atoms with Gasteiger partial charge in [0.25, 0.3) is 0 Å². The third-order valence-electron chi connectivity index (χ3n) is 3.31. The summed E-state index contributed by atoms with van der Waals surface area (Å²) in [7, 11) is 0. The molecule has 0 bridgehead atoms. The van der Waals surface area contributed by atoms with Crippen LogP contribution in [0.25, 0.3) is 0 Å². The normalized spacial score (nSPS) is 12.1. The second-order valence-corrected chi connectivity index (χ2v) is 5.67. The van der Waals surface area contributed by atoms with Gasteiger partial charge in [-0.05, 0) is 42.3 Å². The topological polar surface area (TPSA) is 55.1 Å². The number of nitrogens with one attached hydrogen (secondary N) is 1. The van der Waals surface area contributed by atoms with Crippen LogP contribution in [0, 0.1) is 0 Å². The van der Waals surface area contributed by atoms with Crippen LogP contribution in [0.4, 0.5) is 0 Å². The van der Waals surface area contributed by atoms with E-state index in [0.717, 1.165) is 16.1 Å². The van der Waals surface area contributed by atoms with Gasteiger partial charge in [0.1, 0.15) is 0 Å². The van der Waals surface area contributed by atoms with E-state index in [4.69, 9.17) is 28.9 Å². The first kappa shape index (κ1) is 15.8. The lowest BCUT2D eigenvalue weighted by Crippen LogP contribution is -2.18. The summed E-state index contributed by atoms with van der Waals surface area (Å²) in [5.74, 6) is -0.481. The van der Waals surface area contributed by atoms with Crippen LogP contribution < -0.4 is 11.1 Å². The minimum absolute atomic E-state index is 0.161. The highest BCUT2D eigenvalue weighted by molar-refractivity contribution is 6.31. The lowest BCUT2D eigenvalue weighted by molar-refractivity contribution is 0.100. The molecule has 0 fully saturated rings. The number of benzene rings is 2. The van der Waals surface area contributed by atoms with E-state index in [1.54, 1.807) is 12.1 Å². The number of hydrogen-bond acceptors (Lipinski definition) is 2. The lowest BCUT2D eigenvalue weighted by Gasteiger charge is -2.15. The van der Waals surface area contributed by atoms with E-state index >= 15 is 0 Å². The minimum atomic E-state index is -0.481. The molecule has 3 N–H and O–H groups in total. The van der Waals surface area contributed by atoms with E-state index in [0.29, 0.717) is 17.1 Å². The number of rotatable bonds is 5. The highest BCUT2D eigenvalue weighted by Crippen LogP contribution is 2.20. The number of primary amides is 1. The molecular formula is C16H16Cl2N2O. The van der Waals surface area contributed by atoms with Crippen molar-refractivity contribution in [2.45, 2.75) is 19.5 Å². The number of hydrogen-bond donors (Lipinski definition) is 2. The fourth-order valence-electron chi connectivity index (χ4n) is 1.98. The Labute approximate surface area is 134 Å². The number of amides is 1. The van der Waals surface area contributed by atoms with Gasteiger partial charge >= 0.3 is 0 Å². The van der Waals surface area contributed by atoms with E-state index in [-0.39, 0.29) is 6.04 Å². The molecule has 1 unspecified atom stereocenters. The third kappa shape index (κ3) is 4.21. The highest BCUT2D eigenvalue weighted by Gasteiger charge is 2.08. The van der Waals surface area contributed by atoms with Crippen LogP contribution in [-0.4, -0.2) is 5.91 Å². The zero-order valence-corrected chi connectivity index (χ0v) is 13.1. The molecule has 2 aromatic rings. The van der Waals surface area contributed by atoms with Gasteiger partial charge in [-0.2, -0.15) is 0 Å². The molecule has 0 saturated heterocycles. The van der Waals surface area contributed by atoms with Crippen LogP contribution in [0.5, 0.6) is 0 Å². The average molecular weight is 323 g/mol. The van der Waals surface area contributed by atoms with Crippen LogP contribution in [0.3, 0.4) is 0 Å². The summed E-state index contributed by atoms with van der Waals surface area (Å²) >= 11 is 12.0. The smallest absolute Gasteiger partial charge is 0.248 e. The van der Waals surface area contributed by atoms with Crippen LogP contribution in [-0.2, 0) is 6.54 Å². The Hall–Kier alpha value is -1.55. The van der Waals surface area contributed by atoms with Crippen molar-refractivity contribution in [3.63, 3.8) is 0 Å². The van der Waals surface area contributed by atoms with Gasteiger partial charge in [-0.1, -0.05) is 41.4 Å². The zero-order valence-electron chi connectivity index (χ0n) is 11.6. The molecule has 0 radical (unpaired) electrons. The van der Waals surface area contributed by atoms with Gasteiger partial charge in [0.2, 0.25) is 5.91 Å². The fraction of sp³-hybridized carbons (Fsp3) is 0.188. The van der Waals surface area contributed by atoms with Crippen LogP contribution in [0.1, 0.15) is 34.5 Å². The quantitative estimate of drug-likeness (QED) is 0.875. The van der Waals surface area contributed by atoms with Gasteiger partial charge < -0.3 is 11.1 Å².